The van der Waals surface area contributed by atoms with Crippen LogP contribution in [-0.2, 0) is 0 Å². The monoisotopic (exact) mass is 302 g/mol. The summed E-state index contributed by atoms with van der Waals surface area (Å²) in [5, 5.41) is 0. The molecular formula is C15H14F4O2. The third-order valence-corrected chi connectivity index (χ3v) is 3.30. The molecular weight excluding hydrogens is 288 g/mol. The van der Waals surface area contributed by atoms with Crippen LogP contribution in [0.2, 0.25) is 0 Å². The van der Waals surface area contributed by atoms with Crippen molar-refractivity contribution >= 4 is 6.08 Å². The van der Waals surface area contributed by atoms with Gasteiger partial charge >= 0.3 is 6.36 Å². The highest BCUT2D eigenvalue weighted by Crippen LogP contribution is 2.40. The zero-order valence-corrected chi connectivity index (χ0v) is 11.1. The van der Waals surface area contributed by atoms with Gasteiger partial charge in [0.1, 0.15) is 0 Å². The van der Waals surface area contributed by atoms with Gasteiger partial charge in [0.2, 0.25) is 5.75 Å². The Labute approximate surface area is 119 Å². The maximum absolute atomic E-state index is 14.2. The highest BCUT2D eigenvalue weighted by Gasteiger charge is 2.36. The molecule has 0 aromatic heterocycles. The number of alkyl halides is 3. The Kier molecular flexibility index (Phi) is 3.55. The highest BCUT2D eigenvalue weighted by atomic mass is 19.4. The third-order valence-electron chi connectivity index (χ3n) is 3.30. The summed E-state index contributed by atoms with van der Waals surface area (Å²) in [6.45, 7) is 0. The molecule has 6 heteroatoms. The molecule has 21 heavy (non-hydrogen) atoms. The van der Waals surface area contributed by atoms with Gasteiger partial charge in [-0.3, -0.25) is 0 Å². The molecule has 0 amide bonds. The van der Waals surface area contributed by atoms with Crippen LogP contribution in [0, 0.1) is 11.7 Å². The molecule has 2 fully saturated rings. The van der Waals surface area contributed by atoms with Gasteiger partial charge in [-0.2, -0.15) is 0 Å². The van der Waals surface area contributed by atoms with E-state index < -0.39 is 17.9 Å². The highest BCUT2D eigenvalue weighted by molar-refractivity contribution is 5.57. The molecule has 2 aliphatic rings. The van der Waals surface area contributed by atoms with Gasteiger partial charge in [-0.15, -0.1) is 13.2 Å². The number of allylic oxidation sites excluding steroid dienone is 1. The van der Waals surface area contributed by atoms with Crippen molar-refractivity contribution < 1.29 is 27.0 Å². The summed E-state index contributed by atoms with van der Waals surface area (Å²) >= 11 is 0. The SMILES string of the molecule is Fc1c(/C=C/C2CC2)ccc(OC2CC2)c1OC(F)(F)F. The first-order valence-corrected chi connectivity index (χ1v) is 6.85. The largest absolute Gasteiger partial charge is 0.573 e. The van der Waals surface area contributed by atoms with Gasteiger partial charge in [-0.05, 0) is 43.7 Å². The molecule has 0 atom stereocenters. The molecule has 0 heterocycles. The van der Waals surface area contributed by atoms with Gasteiger partial charge in [0.15, 0.2) is 11.6 Å². The van der Waals surface area contributed by atoms with E-state index in [0.29, 0.717) is 5.92 Å². The van der Waals surface area contributed by atoms with Gasteiger partial charge < -0.3 is 9.47 Å². The van der Waals surface area contributed by atoms with Crippen molar-refractivity contribution in [2.75, 3.05) is 0 Å². The number of hydrogen-bond donors (Lipinski definition) is 0. The minimum Gasteiger partial charge on any atom is -0.486 e. The maximum atomic E-state index is 14.2. The van der Waals surface area contributed by atoms with Crippen molar-refractivity contribution in [1.29, 1.82) is 0 Å². The second-order valence-electron chi connectivity index (χ2n) is 5.36. The Bertz CT molecular complexity index is 558. The molecule has 1 aromatic rings. The Balaban J connectivity index is 1.90. The average Bonchev–Trinajstić information content (AvgIpc) is 3.25. The fraction of sp³-hybridized carbons (Fsp3) is 0.467. The summed E-state index contributed by atoms with van der Waals surface area (Å²) in [4.78, 5) is 0. The zero-order valence-electron chi connectivity index (χ0n) is 11.1. The molecule has 0 aliphatic heterocycles. The molecule has 0 N–H and O–H groups in total. The fourth-order valence-corrected chi connectivity index (χ4v) is 1.88. The maximum Gasteiger partial charge on any atom is 0.573 e. The van der Waals surface area contributed by atoms with E-state index >= 15 is 0 Å². The van der Waals surface area contributed by atoms with Crippen LogP contribution in [0.1, 0.15) is 31.2 Å². The van der Waals surface area contributed by atoms with E-state index in [1.165, 1.54) is 18.2 Å². The molecule has 0 bridgehead atoms. The molecule has 0 radical (unpaired) electrons. The van der Waals surface area contributed by atoms with Crippen LogP contribution in [0.25, 0.3) is 6.08 Å². The zero-order chi connectivity index (χ0) is 15.0. The molecule has 1 aromatic carbocycles. The van der Waals surface area contributed by atoms with Crippen LogP contribution in [0.5, 0.6) is 11.5 Å². The standard InChI is InChI=1S/C15H14F4O2/c16-13-10(4-3-9-1-2-9)5-8-12(20-11-6-7-11)14(13)21-15(17,18)19/h3-5,8-9,11H,1-2,6-7H2/b4-3+. The van der Waals surface area contributed by atoms with Crippen LogP contribution in [0.3, 0.4) is 0 Å². The summed E-state index contributed by atoms with van der Waals surface area (Å²) in [6.07, 6.45) is 1.79. The van der Waals surface area contributed by atoms with Gasteiger partial charge in [-0.25, -0.2) is 4.39 Å². The van der Waals surface area contributed by atoms with Crippen molar-refractivity contribution in [3.05, 3.63) is 29.6 Å². The van der Waals surface area contributed by atoms with Gasteiger partial charge in [-0.1, -0.05) is 12.2 Å². The molecule has 2 aliphatic carbocycles. The summed E-state index contributed by atoms with van der Waals surface area (Å²) in [5.74, 6) is -1.72. The van der Waals surface area contributed by atoms with E-state index in [1.54, 1.807) is 6.08 Å². The Hall–Kier alpha value is -1.72. The van der Waals surface area contributed by atoms with Crippen molar-refractivity contribution in [1.82, 2.24) is 0 Å². The second kappa shape index (κ2) is 5.24. The molecule has 3 rings (SSSR count). The van der Waals surface area contributed by atoms with Gasteiger partial charge in [0, 0.05) is 5.56 Å². The quantitative estimate of drug-likeness (QED) is 0.735. The number of ether oxygens (including phenoxy) is 2. The number of rotatable bonds is 5. The number of halogens is 4. The van der Waals surface area contributed by atoms with Crippen LogP contribution in [-0.4, -0.2) is 12.5 Å². The van der Waals surface area contributed by atoms with Crippen molar-refractivity contribution in [2.45, 2.75) is 38.1 Å². The lowest BCUT2D eigenvalue weighted by molar-refractivity contribution is -0.276. The van der Waals surface area contributed by atoms with Gasteiger partial charge in [0.05, 0.1) is 6.10 Å². The van der Waals surface area contributed by atoms with Gasteiger partial charge in [0.25, 0.3) is 0 Å². The molecule has 2 nitrogen and oxygen atoms in total. The first-order chi connectivity index (χ1) is 9.92. The number of benzene rings is 1. The van der Waals surface area contributed by atoms with Crippen molar-refractivity contribution in [3.8, 4) is 11.5 Å². The van der Waals surface area contributed by atoms with Crippen molar-refractivity contribution in [3.63, 3.8) is 0 Å². The Morgan fingerprint density at radius 1 is 1.10 bits per heavy atom. The second-order valence-corrected chi connectivity index (χ2v) is 5.36. The van der Waals surface area contributed by atoms with Crippen LogP contribution < -0.4 is 9.47 Å². The van der Waals surface area contributed by atoms with E-state index in [0.717, 1.165) is 25.7 Å². The topological polar surface area (TPSA) is 18.5 Å². The molecule has 0 unspecified atom stereocenters. The van der Waals surface area contributed by atoms with E-state index in [1.807, 2.05) is 0 Å². The van der Waals surface area contributed by atoms with E-state index in [9.17, 15) is 17.6 Å². The smallest absolute Gasteiger partial charge is 0.486 e. The Morgan fingerprint density at radius 2 is 1.81 bits per heavy atom. The normalized spacial score (nSPS) is 19.0. The molecule has 114 valence electrons. The minimum atomic E-state index is -4.96. The summed E-state index contributed by atoms with van der Waals surface area (Å²) in [7, 11) is 0. The lowest BCUT2D eigenvalue weighted by Crippen LogP contribution is -2.19. The summed E-state index contributed by atoms with van der Waals surface area (Å²) in [5.41, 5.74) is 0.0734. The first-order valence-electron chi connectivity index (χ1n) is 6.85. The predicted octanol–water partition coefficient (Wildman–Crippen LogP) is 4.69. The van der Waals surface area contributed by atoms with Crippen molar-refractivity contribution in [2.24, 2.45) is 5.92 Å². The fourth-order valence-electron chi connectivity index (χ4n) is 1.88. The first kappa shape index (κ1) is 14.2. The lowest BCUT2D eigenvalue weighted by atomic mass is 10.1. The van der Waals surface area contributed by atoms with Crippen LogP contribution in [0.15, 0.2) is 18.2 Å². The third kappa shape index (κ3) is 3.89. The predicted molar refractivity (Wildman–Crippen MR) is 68.5 cm³/mol. The molecule has 0 spiro atoms. The summed E-state index contributed by atoms with van der Waals surface area (Å²) < 4.78 is 60.7. The van der Waals surface area contributed by atoms with Crippen LogP contribution in [0.4, 0.5) is 17.6 Å². The summed E-state index contributed by atoms with van der Waals surface area (Å²) in [6, 6.07) is 2.74. The van der Waals surface area contributed by atoms with E-state index in [4.69, 9.17) is 4.74 Å². The Morgan fingerprint density at radius 3 is 2.38 bits per heavy atom. The average molecular weight is 302 g/mol. The molecule has 0 saturated heterocycles. The van der Waals surface area contributed by atoms with E-state index in [-0.39, 0.29) is 17.4 Å². The minimum absolute atomic E-state index is 0.0734. The molecule has 2 saturated carbocycles. The van der Waals surface area contributed by atoms with E-state index in [2.05, 4.69) is 4.74 Å². The van der Waals surface area contributed by atoms with Crippen LogP contribution >= 0.6 is 0 Å². The number of hydrogen-bond acceptors (Lipinski definition) is 2. The lowest BCUT2D eigenvalue weighted by Gasteiger charge is -2.15.